The molecule has 4 nitrogen and oxygen atoms in total. The third kappa shape index (κ3) is 3.65. The molecule has 1 aromatic rings. The summed E-state index contributed by atoms with van der Waals surface area (Å²) < 4.78 is 40.2. The fourth-order valence-electron chi connectivity index (χ4n) is 2.46. The topological polar surface area (TPSA) is 72.2 Å². The molecular weight excluding hydrogens is 299 g/mol. The quantitative estimate of drug-likeness (QED) is 0.836. The molecule has 1 aliphatic rings. The minimum atomic E-state index is -3.68. The maximum atomic E-state index is 13.0. The lowest BCUT2D eigenvalue weighted by Crippen LogP contribution is -2.38. The molecule has 1 saturated carbocycles. The summed E-state index contributed by atoms with van der Waals surface area (Å²) in [5.41, 5.74) is 5.53. The molecule has 0 heterocycles. The van der Waals surface area contributed by atoms with Crippen LogP contribution in [-0.4, -0.2) is 26.0 Å². The van der Waals surface area contributed by atoms with E-state index in [1.165, 1.54) is 6.07 Å². The highest BCUT2D eigenvalue weighted by atomic mass is 32.2. The predicted molar refractivity (Wildman–Crippen MR) is 80.7 cm³/mol. The maximum Gasteiger partial charge on any atom is 0.242 e. The van der Waals surface area contributed by atoms with Crippen LogP contribution in [0.1, 0.15) is 25.7 Å². The molecule has 1 aliphatic carbocycles. The molecule has 1 fully saturated rings. The number of anilines is 1. The van der Waals surface area contributed by atoms with Crippen molar-refractivity contribution >= 4 is 27.5 Å². The first-order valence-electron chi connectivity index (χ1n) is 6.52. The zero-order valence-corrected chi connectivity index (χ0v) is 12.9. The minimum absolute atomic E-state index is 0.0501. The van der Waals surface area contributed by atoms with Crippen LogP contribution in [0.25, 0.3) is 0 Å². The molecule has 0 bridgehead atoms. The van der Waals surface area contributed by atoms with Crippen molar-refractivity contribution in [2.75, 3.05) is 12.0 Å². The van der Waals surface area contributed by atoms with Crippen molar-refractivity contribution in [3.63, 3.8) is 0 Å². The van der Waals surface area contributed by atoms with Gasteiger partial charge in [-0.1, -0.05) is 0 Å². The fraction of sp³-hybridized carbons (Fsp3) is 0.538. The highest BCUT2D eigenvalue weighted by molar-refractivity contribution is 7.99. The van der Waals surface area contributed by atoms with Gasteiger partial charge in [-0.2, -0.15) is 11.8 Å². The summed E-state index contributed by atoms with van der Waals surface area (Å²) in [6, 6.07) is 3.28. The van der Waals surface area contributed by atoms with Crippen LogP contribution >= 0.6 is 11.8 Å². The van der Waals surface area contributed by atoms with Gasteiger partial charge in [-0.05, 0) is 50.1 Å². The van der Waals surface area contributed by atoms with Crippen molar-refractivity contribution in [2.45, 2.75) is 41.9 Å². The number of nitrogen functional groups attached to an aromatic ring is 1. The molecular formula is C13H19FN2O2S2. The van der Waals surface area contributed by atoms with Gasteiger partial charge < -0.3 is 5.73 Å². The second-order valence-electron chi connectivity index (χ2n) is 5.01. The van der Waals surface area contributed by atoms with Gasteiger partial charge in [0.25, 0.3) is 0 Å². The lowest BCUT2D eigenvalue weighted by molar-refractivity contribution is 0.420. The van der Waals surface area contributed by atoms with Gasteiger partial charge in [0.1, 0.15) is 10.7 Å². The highest BCUT2D eigenvalue weighted by Gasteiger charge is 2.26. The largest absolute Gasteiger partial charge is 0.398 e. The molecule has 0 aliphatic heterocycles. The minimum Gasteiger partial charge on any atom is -0.398 e. The number of halogens is 1. The Morgan fingerprint density at radius 1 is 1.30 bits per heavy atom. The number of nitrogens with one attached hydrogen (secondary N) is 1. The van der Waals surface area contributed by atoms with E-state index in [1.807, 2.05) is 11.8 Å². The average Bonchev–Trinajstić information content (AvgIpc) is 2.38. The van der Waals surface area contributed by atoms with Crippen molar-refractivity contribution in [3.05, 3.63) is 24.0 Å². The molecule has 7 heteroatoms. The first kappa shape index (κ1) is 15.6. The van der Waals surface area contributed by atoms with E-state index in [0.717, 1.165) is 37.8 Å². The maximum absolute atomic E-state index is 13.0. The van der Waals surface area contributed by atoms with E-state index < -0.39 is 15.8 Å². The Bertz CT molecular complexity index is 570. The molecule has 1 aromatic carbocycles. The van der Waals surface area contributed by atoms with Crippen molar-refractivity contribution in [1.29, 1.82) is 0 Å². The van der Waals surface area contributed by atoms with E-state index >= 15 is 0 Å². The summed E-state index contributed by atoms with van der Waals surface area (Å²) in [6.07, 6.45) is 5.74. The predicted octanol–water partition coefficient (Wildman–Crippen LogP) is 2.36. The Labute approximate surface area is 123 Å². The zero-order chi connectivity index (χ0) is 14.8. The lowest BCUT2D eigenvalue weighted by atomic mass is 9.96. The van der Waals surface area contributed by atoms with Crippen molar-refractivity contribution in [3.8, 4) is 0 Å². The number of hydrogen-bond acceptors (Lipinski definition) is 4. The molecule has 0 aromatic heterocycles. The Morgan fingerprint density at radius 3 is 2.50 bits per heavy atom. The molecule has 0 unspecified atom stereocenters. The van der Waals surface area contributed by atoms with E-state index in [0.29, 0.717) is 5.25 Å². The van der Waals surface area contributed by atoms with Gasteiger partial charge in [-0.25, -0.2) is 17.5 Å². The second-order valence-corrected chi connectivity index (χ2v) is 7.83. The summed E-state index contributed by atoms with van der Waals surface area (Å²) in [5, 5.41) is 0.617. The van der Waals surface area contributed by atoms with E-state index in [9.17, 15) is 12.8 Å². The Balaban J connectivity index is 2.08. The van der Waals surface area contributed by atoms with Crippen LogP contribution in [0.15, 0.2) is 23.1 Å². The van der Waals surface area contributed by atoms with Gasteiger partial charge in [0.05, 0.1) is 5.69 Å². The van der Waals surface area contributed by atoms with Crippen molar-refractivity contribution < 1.29 is 12.8 Å². The molecule has 3 N–H and O–H groups in total. The van der Waals surface area contributed by atoms with E-state index in [4.69, 9.17) is 5.73 Å². The van der Waals surface area contributed by atoms with Crippen LogP contribution in [0, 0.1) is 5.82 Å². The van der Waals surface area contributed by atoms with Crippen LogP contribution in [0.3, 0.4) is 0 Å². The smallest absolute Gasteiger partial charge is 0.242 e. The monoisotopic (exact) mass is 318 g/mol. The molecule has 0 atom stereocenters. The highest BCUT2D eigenvalue weighted by Crippen LogP contribution is 2.28. The van der Waals surface area contributed by atoms with E-state index in [2.05, 4.69) is 11.0 Å². The summed E-state index contributed by atoms with van der Waals surface area (Å²) in [4.78, 5) is -0.0501. The first-order valence-corrected chi connectivity index (χ1v) is 9.29. The number of hydrogen-bond donors (Lipinski definition) is 2. The van der Waals surface area contributed by atoms with Crippen LogP contribution in [0.2, 0.25) is 0 Å². The van der Waals surface area contributed by atoms with Crippen LogP contribution in [0.5, 0.6) is 0 Å². The standard InChI is InChI=1S/C13H19FN2O2S2/c1-19-11-5-3-10(4-6-11)16-20(17,18)13-7-2-9(14)8-12(13)15/h2,7-8,10-11,16H,3-6,15H2,1H3. The number of benzene rings is 1. The normalized spacial score (nSPS) is 23.7. The molecule has 0 saturated heterocycles. The Kier molecular flexibility index (Phi) is 4.93. The molecule has 2 rings (SSSR count). The van der Waals surface area contributed by atoms with Crippen molar-refractivity contribution in [1.82, 2.24) is 4.72 Å². The van der Waals surface area contributed by atoms with Crippen LogP contribution < -0.4 is 10.5 Å². The second kappa shape index (κ2) is 6.32. The van der Waals surface area contributed by atoms with Gasteiger partial charge in [0.15, 0.2) is 0 Å². The molecule has 112 valence electrons. The number of nitrogens with two attached hydrogens (primary N) is 1. The average molecular weight is 318 g/mol. The lowest BCUT2D eigenvalue weighted by Gasteiger charge is -2.28. The Morgan fingerprint density at radius 2 is 1.95 bits per heavy atom. The summed E-state index contributed by atoms with van der Waals surface area (Å²) in [7, 11) is -3.68. The van der Waals surface area contributed by atoms with Gasteiger partial charge >= 0.3 is 0 Å². The third-order valence-electron chi connectivity index (χ3n) is 3.59. The van der Waals surface area contributed by atoms with Crippen LogP contribution in [-0.2, 0) is 10.0 Å². The zero-order valence-electron chi connectivity index (χ0n) is 11.3. The van der Waals surface area contributed by atoms with Crippen molar-refractivity contribution in [2.24, 2.45) is 0 Å². The first-order chi connectivity index (χ1) is 9.42. The van der Waals surface area contributed by atoms with Gasteiger partial charge in [0, 0.05) is 11.3 Å². The molecule has 0 amide bonds. The SMILES string of the molecule is CSC1CCC(NS(=O)(=O)c2ccc(F)cc2N)CC1. The Hall–Kier alpha value is -0.790. The molecule has 0 spiro atoms. The third-order valence-corrected chi connectivity index (χ3v) is 6.32. The van der Waals surface area contributed by atoms with Crippen LogP contribution in [0.4, 0.5) is 10.1 Å². The van der Waals surface area contributed by atoms with E-state index in [-0.39, 0.29) is 16.6 Å². The van der Waals surface area contributed by atoms with Gasteiger partial charge in [-0.3, -0.25) is 0 Å². The molecule has 20 heavy (non-hydrogen) atoms. The summed E-state index contributed by atoms with van der Waals surface area (Å²) in [6.45, 7) is 0. The number of sulfonamides is 1. The van der Waals surface area contributed by atoms with Gasteiger partial charge in [-0.15, -0.1) is 0 Å². The van der Waals surface area contributed by atoms with E-state index in [1.54, 1.807) is 0 Å². The number of rotatable bonds is 4. The molecule has 0 radical (unpaired) electrons. The van der Waals surface area contributed by atoms with Gasteiger partial charge in [0.2, 0.25) is 10.0 Å². The summed E-state index contributed by atoms with van der Waals surface area (Å²) >= 11 is 1.83. The summed E-state index contributed by atoms with van der Waals surface area (Å²) in [5.74, 6) is -0.540. The fourth-order valence-corrected chi connectivity index (χ4v) is 4.62. The number of thioether (sulfide) groups is 1.